The van der Waals surface area contributed by atoms with E-state index in [1.807, 2.05) is 12.1 Å². The number of benzene rings is 1. The molecule has 3 fully saturated rings. The summed E-state index contributed by atoms with van der Waals surface area (Å²) in [5.74, 6) is 0.795. The lowest BCUT2D eigenvalue weighted by Crippen LogP contribution is -2.42. The maximum Gasteiger partial charge on any atom is 0.220 e. The van der Waals surface area contributed by atoms with Gasteiger partial charge in [0.05, 0.1) is 0 Å². The van der Waals surface area contributed by atoms with Crippen molar-refractivity contribution in [2.24, 2.45) is 5.92 Å². The van der Waals surface area contributed by atoms with Crippen LogP contribution >= 0.6 is 24.0 Å². The second kappa shape index (κ2) is 8.50. The van der Waals surface area contributed by atoms with Crippen LogP contribution in [0.15, 0.2) is 24.3 Å². The summed E-state index contributed by atoms with van der Waals surface area (Å²) in [5, 5.41) is 7.73. The number of piperidine rings is 1. The number of fused-ring (bicyclic) bond motifs is 2. The van der Waals surface area contributed by atoms with Crippen molar-refractivity contribution in [1.29, 1.82) is 0 Å². The van der Waals surface area contributed by atoms with Crippen molar-refractivity contribution in [2.75, 3.05) is 6.54 Å². The van der Waals surface area contributed by atoms with Crippen LogP contribution in [0.2, 0.25) is 5.02 Å². The Kier molecular flexibility index (Phi) is 6.53. The molecule has 3 aliphatic rings. The molecule has 2 heterocycles. The van der Waals surface area contributed by atoms with Gasteiger partial charge in [0.15, 0.2) is 0 Å². The zero-order chi connectivity index (χ0) is 17.3. The van der Waals surface area contributed by atoms with Crippen LogP contribution in [-0.2, 0) is 10.2 Å². The van der Waals surface area contributed by atoms with Crippen LogP contribution in [0.3, 0.4) is 0 Å². The minimum atomic E-state index is 0. The minimum absolute atomic E-state index is 0. The second-order valence-corrected chi connectivity index (χ2v) is 8.89. The number of hydrogen-bond acceptors (Lipinski definition) is 2. The quantitative estimate of drug-likeness (QED) is 0.762. The zero-order valence-electron chi connectivity index (χ0n) is 15.3. The first-order chi connectivity index (χ1) is 12.1. The van der Waals surface area contributed by atoms with Gasteiger partial charge in [-0.15, -0.1) is 12.4 Å². The highest BCUT2D eigenvalue weighted by Crippen LogP contribution is 2.41. The summed E-state index contributed by atoms with van der Waals surface area (Å²) in [6, 6.07) is 9.53. The van der Waals surface area contributed by atoms with Gasteiger partial charge >= 0.3 is 0 Å². The normalized spacial score (nSPS) is 29.2. The molecule has 1 saturated carbocycles. The van der Waals surface area contributed by atoms with Crippen LogP contribution in [0.5, 0.6) is 0 Å². The summed E-state index contributed by atoms with van der Waals surface area (Å²) in [6.07, 6.45) is 10.4. The van der Waals surface area contributed by atoms with Crippen molar-refractivity contribution in [3.05, 3.63) is 34.9 Å². The molecule has 4 rings (SSSR count). The van der Waals surface area contributed by atoms with Gasteiger partial charge in [-0.3, -0.25) is 4.79 Å². The fourth-order valence-electron chi connectivity index (χ4n) is 5.38. The third-order valence-corrected chi connectivity index (χ3v) is 6.90. The molecule has 3 nitrogen and oxygen atoms in total. The number of hydrogen-bond donors (Lipinski definition) is 2. The smallest absolute Gasteiger partial charge is 0.220 e. The molecule has 2 N–H and O–H groups in total. The van der Waals surface area contributed by atoms with Gasteiger partial charge in [-0.05, 0) is 62.1 Å². The molecule has 2 bridgehead atoms. The van der Waals surface area contributed by atoms with E-state index < -0.39 is 0 Å². The van der Waals surface area contributed by atoms with Crippen molar-refractivity contribution < 1.29 is 4.79 Å². The Labute approximate surface area is 168 Å². The van der Waals surface area contributed by atoms with E-state index in [0.29, 0.717) is 24.4 Å². The highest BCUT2D eigenvalue weighted by atomic mass is 35.5. The Bertz CT molecular complexity index is 618. The van der Waals surface area contributed by atoms with Crippen molar-refractivity contribution >= 4 is 29.9 Å². The molecule has 26 heavy (non-hydrogen) atoms. The Morgan fingerprint density at radius 2 is 1.88 bits per heavy atom. The fraction of sp³-hybridized carbons (Fsp3) is 0.667. The summed E-state index contributed by atoms with van der Waals surface area (Å²) in [4.78, 5) is 12.6. The molecule has 2 aliphatic heterocycles. The number of carbonyl (C=O) groups excluding carboxylic acids is 1. The van der Waals surface area contributed by atoms with Crippen LogP contribution < -0.4 is 10.6 Å². The molecule has 2 atom stereocenters. The molecule has 1 amide bonds. The lowest BCUT2D eigenvalue weighted by Gasteiger charge is -2.31. The maximum absolute atomic E-state index is 12.6. The summed E-state index contributed by atoms with van der Waals surface area (Å²) >= 11 is 6.22. The number of nitrogens with one attached hydrogen (secondary N) is 2. The minimum Gasteiger partial charge on any atom is -0.355 e. The van der Waals surface area contributed by atoms with Gasteiger partial charge in [0.25, 0.3) is 0 Å². The second-order valence-electron chi connectivity index (χ2n) is 8.45. The van der Waals surface area contributed by atoms with Gasteiger partial charge in [-0.2, -0.15) is 0 Å². The van der Waals surface area contributed by atoms with Gasteiger partial charge in [-0.1, -0.05) is 36.6 Å². The van der Waals surface area contributed by atoms with Crippen LogP contribution in [0.1, 0.15) is 63.4 Å². The summed E-state index contributed by atoms with van der Waals surface area (Å²) in [5.41, 5.74) is 1.37. The van der Waals surface area contributed by atoms with Crippen molar-refractivity contribution in [3.63, 3.8) is 0 Å². The first-order valence-corrected chi connectivity index (χ1v) is 10.3. The molecular weight excluding hydrogens is 367 g/mol. The average molecular weight is 397 g/mol. The largest absolute Gasteiger partial charge is 0.355 e. The van der Waals surface area contributed by atoms with Crippen LogP contribution in [0.4, 0.5) is 0 Å². The average Bonchev–Trinajstić information content (AvgIpc) is 3.21. The SMILES string of the molecule is Cl.O=C(CC1CC2CCC(C1)N2)NCC1(c2cccc(Cl)c2)CCCC1. The van der Waals surface area contributed by atoms with Crippen LogP contribution in [0.25, 0.3) is 0 Å². The van der Waals surface area contributed by atoms with E-state index in [1.165, 1.54) is 44.1 Å². The standard InChI is InChI=1S/C21H29ClN2O.ClH/c22-17-5-3-4-16(13-17)21(8-1-2-9-21)14-23-20(25)12-15-10-18-6-7-19(11-15)24-18;/h3-5,13,15,18-19,24H,1-2,6-12,14H2,(H,23,25);1H. The molecule has 0 aromatic heterocycles. The molecule has 144 valence electrons. The first-order valence-electron chi connectivity index (χ1n) is 9.92. The molecule has 5 heteroatoms. The van der Waals surface area contributed by atoms with E-state index >= 15 is 0 Å². The van der Waals surface area contributed by atoms with E-state index in [4.69, 9.17) is 11.6 Å². The zero-order valence-corrected chi connectivity index (χ0v) is 16.9. The molecule has 1 aromatic rings. The Morgan fingerprint density at radius 1 is 1.19 bits per heavy atom. The molecule has 0 spiro atoms. The monoisotopic (exact) mass is 396 g/mol. The summed E-state index contributed by atoms with van der Waals surface area (Å²) in [7, 11) is 0. The molecule has 1 aliphatic carbocycles. The Morgan fingerprint density at radius 3 is 2.54 bits per heavy atom. The van der Waals surface area contributed by atoms with Crippen molar-refractivity contribution in [2.45, 2.75) is 75.3 Å². The lowest BCUT2D eigenvalue weighted by molar-refractivity contribution is -0.122. The van der Waals surface area contributed by atoms with Crippen LogP contribution in [-0.4, -0.2) is 24.5 Å². The van der Waals surface area contributed by atoms with E-state index in [-0.39, 0.29) is 23.7 Å². The number of carbonyl (C=O) groups is 1. The van der Waals surface area contributed by atoms with Crippen molar-refractivity contribution in [1.82, 2.24) is 10.6 Å². The summed E-state index contributed by atoms with van der Waals surface area (Å²) < 4.78 is 0. The van der Waals surface area contributed by atoms with E-state index in [2.05, 4.69) is 22.8 Å². The summed E-state index contributed by atoms with van der Waals surface area (Å²) in [6.45, 7) is 0.754. The fourth-order valence-corrected chi connectivity index (χ4v) is 5.57. The van der Waals surface area contributed by atoms with Gasteiger partial charge in [0, 0.05) is 35.5 Å². The number of amides is 1. The van der Waals surface area contributed by atoms with Crippen molar-refractivity contribution in [3.8, 4) is 0 Å². The Hall–Kier alpha value is -0.770. The molecular formula is C21H30Cl2N2O. The first kappa shape index (κ1) is 20.0. The third kappa shape index (κ3) is 4.37. The number of rotatable bonds is 5. The van der Waals surface area contributed by atoms with E-state index in [1.54, 1.807) is 0 Å². The van der Waals surface area contributed by atoms with Gasteiger partial charge in [-0.25, -0.2) is 0 Å². The highest BCUT2D eigenvalue weighted by molar-refractivity contribution is 6.30. The third-order valence-electron chi connectivity index (χ3n) is 6.67. The topological polar surface area (TPSA) is 41.1 Å². The van der Waals surface area contributed by atoms with Crippen LogP contribution in [0, 0.1) is 5.92 Å². The molecule has 1 aromatic carbocycles. The van der Waals surface area contributed by atoms with Gasteiger partial charge < -0.3 is 10.6 Å². The predicted molar refractivity (Wildman–Crippen MR) is 109 cm³/mol. The number of halogens is 2. The van der Waals surface area contributed by atoms with Gasteiger partial charge in [0.1, 0.15) is 0 Å². The Balaban J connectivity index is 0.00000196. The predicted octanol–water partition coefficient (Wildman–Crippen LogP) is 4.61. The molecule has 2 saturated heterocycles. The van der Waals surface area contributed by atoms with E-state index in [9.17, 15) is 4.79 Å². The lowest BCUT2D eigenvalue weighted by atomic mass is 9.78. The van der Waals surface area contributed by atoms with Gasteiger partial charge in [0.2, 0.25) is 5.91 Å². The molecule has 2 unspecified atom stereocenters. The highest BCUT2D eigenvalue weighted by Gasteiger charge is 2.37. The van der Waals surface area contributed by atoms with E-state index in [0.717, 1.165) is 24.4 Å². The molecule has 0 radical (unpaired) electrons. The maximum atomic E-state index is 12.6.